The van der Waals surface area contributed by atoms with Crippen molar-refractivity contribution in [2.45, 2.75) is 11.8 Å². The molecule has 106 valence electrons. The van der Waals surface area contributed by atoms with Gasteiger partial charge in [0, 0.05) is 10.2 Å². The van der Waals surface area contributed by atoms with Crippen LogP contribution < -0.4 is 10.5 Å². The van der Waals surface area contributed by atoms with Gasteiger partial charge >= 0.3 is 0 Å². The van der Waals surface area contributed by atoms with E-state index in [1.165, 1.54) is 24.3 Å². The van der Waals surface area contributed by atoms with Crippen LogP contribution in [0.15, 0.2) is 39.7 Å². The van der Waals surface area contributed by atoms with Crippen molar-refractivity contribution in [3.63, 3.8) is 0 Å². The number of sulfonamides is 1. The van der Waals surface area contributed by atoms with Crippen molar-refractivity contribution >= 4 is 48.9 Å². The molecule has 0 radical (unpaired) electrons. The van der Waals surface area contributed by atoms with Gasteiger partial charge in [-0.3, -0.25) is 4.72 Å². The molecule has 1 heterocycles. The third-order valence-electron chi connectivity index (χ3n) is 2.54. The van der Waals surface area contributed by atoms with Crippen LogP contribution in [0.3, 0.4) is 0 Å². The monoisotopic (exact) mass is 375 g/mol. The Morgan fingerprint density at radius 3 is 2.60 bits per heavy atom. The Hall–Kier alpha value is -1.31. The summed E-state index contributed by atoms with van der Waals surface area (Å²) in [5, 5.41) is 0.305. The molecule has 1 aromatic heterocycles. The minimum Gasteiger partial charge on any atom is -0.399 e. The standard InChI is InChI=1S/C12H11BrClN3O2S/c1-7-10(3-5-12(14)16-7)17-20(18,19)11-4-2-8(15)6-9(11)13/h2-6,17H,15H2,1H3. The third kappa shape index (κ3) is 3.23. The van der Waals surface area contributed by atoms with E-state index in [1.807, 2.05) is 0 Å². The first-order chi connectivity index (χ1) is 9.29. The zero-order chi connectivity index (χ0) is 14.9. The molecule has 0 fully saturated rings. The maximum absolute atomic E-state index is 12.3. The van der Waals surface area contributed by atoms with Gasteiger partial charge in [-0.25, -0.2) is 13.4 Å². The highest BCUT2D eigenvalue weighted by Gasteiger charge is 2.19. The fourth-order valence-corrected chi connectivity index (χ4v) is 3.98. The largest absolute Gasteiger partial charge is 0.399 e. The smallest absolute Gasteiger partial charge is 0.263 e. The summed E-state index contributed by atoms with van der Waals surface area (Å²) in [5.41, 5.74) is 6.93. The van der Waals surface area contributed by atoms with Crippen molar-refractivity contribution in [1.29, 1.82) is 0 Å². The molecule has 20 heavy (non-hydrogen) atoms. The third-order valence-corrected chi connectivity index (χ3v) is 5.09. The Bertz CT molecular complexity index is 765. The van der Waals surface area contributed by atoms with Crippen LogP contribution in [0.1, 0.15) is 5.69 Å². The van der Waals surface area contributed by atoms with Gasteiger partial charge in [-0.2, -0.15) is 0 Å². The summed E-state index contributed by atoms with van der Waals surface area (Å²) in [6.45, 7) is 1.67. The summed E-state index contributed by atoms with van der Waals surface area (Å²) in [7, 11) is -3.73. The number of nitrogens with zero attached hydrogens (tertiary/aromatic N) is 1. The molecule has 0 aliphatic heterocycles. The second-order valence-electron chi connectivity index (χ2n) is 4.06. The molecule has 2 aromatic rings. The first-order valence-electron chi connectivity index (χ1n) is 5.50. The molecule has 0 spiro atoms. The van der Waals surface area contributed by atoms with Gasteiger partial charge in [0.2, 0.25) is 0 Å². The molecule has 0 aliphatic carbocycles. The van der Waals surface area contributed by atoms with Crippen LogP contribution in [0, 0.1) is 6.92 Å². The molecular formula is C12H11BrClN3O2S. The number of aryl methyl sites for hydroxylation is 1. The molecule has 8 heteroatoms. The van der Waals surface area contributed by atoms with E-state index >= 15 is 0 Å². The lowest BCUT2D eigenvalue weighted by Crippen LogP contribution is -2.14. The Morgan fingerprint density at radius 1 is 1.30 bits per heavy atom. The lowest BCUT2D eigenvalue weighted by Gasteiger charge is -2.11. The van der Waals surface area contributed by atoms with Crippen molar-refractivity contribution in [1.82, 2.24) is 4.98 Å². The van der Waals surface area contributed by atoms with Gasteiger partial charge in [0.1, 0.15) is 10.0 Å². The first kappa shape index (κ1) is 15.1. The minimum absolute atomic E-state index is 0.0982. The van der Waals surface area contributed by atoms with Crippen LogP contribution >= 0.6 is 27.5 Å². The molecule has 0 amide bonds. The Balaban J connectivity index is 2.41. The summed E-state index contributed by atoms with van der Waals surface area (Å²) >= 11 is 8.93. The summed E-state index contributed by atoms with van der Waals surface area (Å²) in [6.07, 6.45) is 0. The molecule has 0 bridgehead atoms. The second-order valence-corrected chi connectivity index (χ2v) is 6.95. The predicted octanol–water partition coefficient (Wildman–Crippen LogP) is 3.19. The highest BCUT2D eigenvalue weighted by atomic mass is 79.9. The van der Waals surface area contributed by atoms with Gasteiger partial charge in [0.25, 0.3) is 10.0 Å². The van der Waals surface area contributed by atoms with E-state index < -0.39 is 10.0 Å². The Kier molecular flexibility index (Phi) is 4.22. The van der Waals surface area contributed by atoms with Crippen LogP contribution in [0.5, 0.6) is 0 Å². The van der Waals surface area contributed by atoms with Crippen molar-refractivity contribution in [2.75, 3.05) is 10.5 Å². The van der Waals surface area contributed by atoms with Gasteiger partial charge in [-0.15, -0.1) is 0 Å². The van der Waals surface area contributed by atoms with Crippen LogP contribution in [0.4, 0.5) is 11.4 Å². The number of aromatic nitrogens is 1. The topological polar surface area (TPSA) is 85.1 Å². The number of anilines is 2. The number of hydrogen-bond donors (Lipinski definition) is 2. The Labute approximate surface area is 130 Å². The number of halogens is 2. The first-order valence-corrected chi connectivity index (χ1v) is 8.16. The number of nitrogen functional groups attached to an aromatic ring is 1. The SMILES string of the molecule is Cc1nc(Cl)ccc1NS(=O)(=O)c1ccc(N)cc1Br. The normalized spacial score (nSPS) is 11.3. The maximum Gasteiger partial charge on any atom is 0.263 e. The number of hydrogen-bond acceptors (Lipinski definition) is 4. The van der Waals surface area contributed by atoms with E-state index in [0.29, 0.717) is 26.7 Å². The Morgan fingerprint density at radius 2 is 2.00 bits per heavy atom. The van der Waals surface area contributed by atoms with Gasteiger partial charge in [-0.1, -0.05) is 11.6 Å². The van der Waals surface area contributed by atoms with E-state index in [1.54, 1.807) is 13.0 Å². The van der Waals surface area contributed by atoms with E-state index in [2.05, 4.69) is 25.6 Å². The van der Waals surface area contributed by atoms with E-state index in [9.17, 15) is 8.42 Å². The molecule has 2 rings (SSSR count). The van der Waals surface area contributed by atoms with Gasteiger partial charge in [0.05, 0.1) is 11.4 Å². The maximum atomic E-state index is 12.3. The van der Waals surface area contributed by atoms with Crippen molar-refractivity contribution in [2.24, 2.45) is 0 Å². The summed E-state index contributed by atoms with van der Waals surface area (Å²) < 4.78 is 27.5. The summed E-state index contributed by atoms with van der Waals surface area (Å²) in [6, 6.07) is 7.56. The van der Waals surface area contributed by atoms with Crippen LogP contribution in [-0.2, 0) is 10.0 Å². The van der Waals surface area contributed by atoms with E-state index in [-0.39, 0.29) is 4.90 Å². The van der Waals surface area contributed by atoms with Crippen LogP contribution in [-0.4, -0.2) is 13.4 Å². The lowest BCUT2D eigenvalue weighted by molar-refractivity contribution is 0.600. The molecule has 0 aliphatic rings. The van der Waals surface area contributed by atoms with Crippen molar-refractivity contribution in [3.05, 3.63) is 45.7 Å². The van der Waals surface area contributed by atoms with Gasteiger partial charge in [0.15, 0.2) is 0 Å². The molecule has 0 atom stereocenters. The van der Waals surface area contributed by atoms with E-state index in [4.69, 9.17) is 17.3 Å². The van der Waals surface area contributed by atoms with Crippen molar-refractivity contribution in [3.8, 4) is 0 Å². The summed E-state index contributed by atoms with van der Waals surface area (Å²) in [4.78, 5) is 4.09. The summed E-state index contributed by atoms with van der Waals surface area (Å²) in [5.74, 6) is 0. The highest BCUT2D eigenvalue weighted by Crippen LogP contribution is 2.27. The molecule has 5 nitrogen and oxygen atoms in total. The lowest BCUT2D eigenvalue weighted by atomic mass is 10.3. The molecule has 3 N–H and O–H groups in total. The number of nitrogens with two attached hydrogens (primary N) is 1. The minimum atomic E-state index is -3.73. The highest BCUT2D eigenvalue weighted by molar-refractivity contribution is 9.10. The zero-order valence-corrected chi connectivity index (χ0v) is 13.6. The number of pyridine rings is 1. The number of nitrogens with one attached hydrogen (secondary N) is 1. The molecule has 1 aromatic carbocycles. The van der Waals surface area contributed by atoms with Gasteiger partial charge < -0.3 is 5.73 Å². The fraction of sp³-hybridized carbons (Fsp3) is 0.0833. The average Bonchev–Trinajstić information content (AvgIpc) is 2.32. The van der Waals surface area contributed by atoms with Crippen LogP contribution in [0.25, 0.3) is 0 Å². The average molecular weight is 377 g/mol. The fourth-order valence-electron chi connectivity index (χ4n) is 1.57. The molecule has 0 saturated heterocycles. The van der Waals surface area contributed by atoms with E-state index in [0.717, 1.165) is 0 Å². The second kappa shape index (κ2) is 5.59. The molecule has 0 saturated carbocycles. The number of rotatable bonds is 3. The number of benzene rings is 1. The van der Waals surface area contributed by atoms with Gasteiger partial charge in [-0.05, 0) is 53.2 Å². The predicted molar refractivity (Wildman–Crippen MR) is 83.3 cm³/mol. The van der Waals surface area contributed by atoms with Crippen molar-refractivity contribution < 1.29 is 8.42 Å². The zero-order valence-electron chi connectivity index (χ0n) is 10.4. The molecular weight excluding hydrogens is 366 g/mol. The molecule has 0 unspecified atom stereocenters. The quantitative estimate of drug-likeness (QED) is 0.636. The van der Waals surface area contributed by atoms with Crippen LogP contribution in [0.2, 0.25) is 5.15 Å².